The maximum atomic E-state index is 12.8. The highest BCUT2D eigenvalue weighted by molar-refractivity contribution is 5.95. The monoisotopic (exact) mass is 343 g/mol. The van der Waals surface area contributed by atoms with Crippen LogP contribution in [0.2, 0.25) is 0 Å². The summed E-state index contributed by atoms with van der Waals surface area (Å²) in [6, 6.07) is 5.27. The van der Waals surface area contributed by atoms with Crippen molar-refractivity contribution in [3.05, 3.63) is 35.5 Å². The minimum Gasteiger partial charge on any atom is -0.454 e. The average Bonchev–Trinajstić information content (AvgIpc) is 3.36. The molecular weight excluding hydrogens is 326 g/mol. The summed E-state index contributed by atoms with van der Waals surface area (Å²) in [5, 5.41) is 8.03. The Kier molecular flexibility index (Phi) is 3.21. The van der Waals surface area contributed by atoms with Crippen molar-refractivity contribution in [1.82, 2.24) is 15.1 Å². The van der Waals surface area contributed by atoms with Crippen molar-refractivity contribution in [2.24, 2.45) is 5.92 Å². The van der Waals surface area contributed by atoms with E-state index in [2.05, 4.69) is 10.2 Å². The van der Waals surface area contributed by atoms with E-state index in [-0.39, 0.29) is 30.6 Å². The van der Waals surface area contributed by atoms with Crippen LogP contribution in [0, 0.1) is 12.8 Å². The first-order valence-corrected chi connectivity index (χ1v) is 8.29. The lowest BCUT2D eigenvalue weighted by molar-refractivity contribution is 0.0686. The first-order chi connectivity index (χ1) is 12.2. The van der Waals surface area contributed by atoms with Gasteiger partial charge >= 0.3 is 0 Å². The third kappa shape index (κ3) is 2.36. The molecule has 0 unspecified atom stereocenters. The molecule has 0 aliphatic carbocycles. The molecule has 130 valence electrons. The molecule has 0 bridgehead atoms. The fourth-order valence-corrected chi connectivity index (χ4v) is 3.81. The number of aryl methyl sites for hydroxylation is 1. The van der Waals surface area contributed by atoms with Crippen LogP contribution in [0.1, 0.15) is 28.1 Å². The number of carbonyl (C=O) groups excluding carboxylic acids is 1. The smallest absolute Gasteiger partial charge is 0.254 e. The van der Waals surface area contributed by atoms with Gasteiger partial charge in [-0.15, -0.1) is 10.2 Å². The van der Waals surface area contributed by atoms with Gasteiger partial charge in [-0.2, -0.15) is 0 Å². The molecule has 0 spiro atoms. The molecule has 3 atom stereocenters. The molecule has 3 aliphatic heterocycles. The summed E-state index contributed by atoms with van der Waals surface area (Å²) >= 11 is 0. The van der Waals surface area contributed by atoms with E-state index in [1.807, 2.05) is 4.90 Å². The largest absolute Gasteiger partial charge is 0.454 e. The van der Waals surface area contributed by atoms with Gasteiger partial charge in [-0.25, -0.2) is 0 Å². The van der Waals surface area contributed by atoms with E-state index in [0.717, 1.165) is 0 Å². The first-order valence-electron chi connectivity index (χ1n) is 8.29. The van der Waals surface area contributed by atoms with E-state index in [9.17, 15) is 4.79 Å². The van der Waals surface area contributed by atoms with Crippen molar-refractivity contribution >= 4 is 5.91 Å². The van der Waals surface area contributed by atoms with E-state index < -0.39 is 0 Å². The zero-order valence-corrected chi connectivity index (χ0v) is 13.7. The van der Waals surface area contributed by atoms with Gasteiger partial charge in [-0.1, -0.05) is 0 Å². The minimum absolute atomic E-state index is 0.00941. The van der Waals surface area contributed by atoms with Crippen LogP contribution in [0.25, 0.3) is 0 Å². The number of rotatable bonds is 2. The maximum Gasteiger partial charge on any atom is 0.254 e. The summed E-state index contributed by atoms with van der Waals surface area (Å²) < 4.78 is 22.1. The molecule has 8 heteroatoms. The Bertz CT molecular complexity index is 835. The number of likely N-dealkylation sites (tertiary alicyclic amines) is 1. The number of fused-ring (bicyclic) bond motifs is 2. The van der Waals surface area contributed by atoms with E-state index in [0.29, 0.717) is 48.5 Å². The van der Waals surface area contributed by atoms with Gasteiger partial charge in [0.15, 0.2) is 11.5 Å². The van der Waals surface area contributed by atoms with Gasteiger partial charge in [0, 0.05) is 31.5 Å². The number of hydrogen-bond acceptors (Lipinski definition) is 7. The summed E-state index contributed by atoms with van der Waals surface area (Å²) in [6.07, 6.45) is 0.00941. The van der Waals surface area contributed by atoms with E-state index >= 15 is 0 Å². The highest BCUT2D eigenvalue weighted by Gasteiger charge is 2.47. The van der Waals surface area contributed by atoms with Crippen LogP contribution in [0.5, 0.6) is 11.5 Å². The Morgan fingerprint density at radius 2 is 2.08 bits per heavy atom. The summed E-state index contributed by atoms with van der Waals surface area (Å²) in [5.74, 6) is 2.62. The standard InChI is InChI=1S/C17H17N3O5/c1-9-18-19-16(25-9)12-7-22-15-6-20(5-11(12)15)17(21)10-2-3-13-14(4-10)24-8-23-13/h2-4,11-12,15H,5-8H2,1H3/t11-,12+,15-/m0/s1. The van der Waals surface area contributed by atoms with Crippen molar-refractivity contribution in [3.8, 4) is 11.5 Å². The van der Waals surface area contributed by atoms with Gasteiger partial charge in [0.05, 0.1) is 18.6 Å². The lowest BCUT2D eigenvalue weighted by atomic mass is 9.93. The van der Waals surface area contributed by atoms with Gasteiger partial charge < -0.3 is 23.5 Å². The molecule has 0 saturated carbocycles. The van der Waals surface area contributed by atoms with Crippen LogP contribution in [0.15, 0.2) is 22.6 Å². The van der Waals surface area contributed by atoms with Gasteiger partial charge in [0.1, 0.15) is 0 Å². The van der Waals surface area contributed by atoms with Crippen LogP contribution < -0.4 is 9.47 Å². The molecule has 0 N–H and O–H groups in total. The molecule has 1 amide bonds. The molecule has 2 saturated heterocycles. The SMILES string of the molecule is Cc1nnc([C@@H]2CO[C@H]3CN(C(=O)c4ccc5c(c4)OCO5)C[C@H]32)o1. The predicted octanol–water partition coefficient (Wildman–Crippen LogP) is 1.36. The highest BCUT2D eigenvalue weighted by Crippen LogP contribution is 2.40. The molecule has 8 nitrogen and oxygen atoms in total. The predicted molar refractivity (Wildman–Crippen MR) is 83.5 cm³/mol. The summed E-state index contributed by atoms with van der Waals surface area (Å²) in [6.45, 7) is 3.71. The average molecular weight is 343 g/mol. The first kappa shape index (κ1) is 14.7. The summed E-state index contributed by atoms with van der Waals surface area (Å²) in [5.41, 5.74) is 0.592. The number of aromatic nitrogens is 2. The molecular formula is C17H17N3O5. The van der Waals surface area contributed by atoms with Crippen LogP contribution in [-0.4, -0.2) is 53.6 Å². The Morgan fingerprint density at radius 3 is 2.92 bits per heavy atom. The third-order valence-electron chi connectivity index (χ3n) is 5.08. The quantitative estimate of drug-likeness (QED) is 0.813. The number of amides is 1. The third-order valence-corrected chi connectivity index (χ3v) is 5.08. The molecule has 2 aromatic rings. The number of benzene rings is 1. The van der Waals surface area contributed by atoms with Gasteiger partial charge in [-0.05, 0) is 18.2 Å². The number of nitrogens with zero attached hydrogens (tertiary/aromatic N) is 3. The molecule has 0 radical (unpaired) electrons. The van der Waals surface area contributed by atoms with Gasteiger partial charge in [0.2, 0.25) is 18.6 Å². The van der Waals surface area contributed by atoms with Crippen LogP contribution in [0.4, 0.5) is 0 Å². The van der Waals surface area contributed by atoms with Gasteiger partial charge in [-0.3, -0.25) is 4.79 Å². The molecule has 3 aliphatic rings. The molecule has 25 heavy (non-hydrogen) atoms. The van der Waals surface area contributed by atoms with Crippen LogP contribution in [-0.2, 0) is 4.74 Å². The van der Waals surface area contributed by atoms with Crippen LogP contribution >= 0.6 is 0 Å². The van der Waals surface area contributed by atoms with E-state index in [1.165, 1.54) is 0 Å². The summed E-state index contributed by atoms with van der Waals surface area (Å²) in [4.78, 5) is 14.7. The second-order valence-corrected chi connectivity index (χ2v) is 6.58. The lowest BCUT2D eigenvalue weighted by Gasteiger charge is -2.18. The lowest BCUT2D eigenvalue weighted by Crippen LogP contribution is -2.31. The Morgan fingerprint density at radius 1 is 1.20 bits per heavy atom. The fraction of sp³-hybridized carbons (Fsp3) is 0.471. The van der Waals surface area contributed by atoms with Crippen molar-refractivity contribution in [2.75, 3.05) is 26.5 Å². The number of hydrogen-bond donors (Lipinski definition) is 0. The number of carbonyl (C=O) groups is 1. The van der Waals surface area contributed by atoms with Crippen molar-refractivity contribution in [3.63, 3.8) is 0 Å². The number of ether oxygens (including phenoxy) is 3. The summed E-state index contributed by atoms with van der Waals surface area (Å²) in [7, 11) is 0. The van der Waals surface area contributed by atoms with Gasteiger partial charge in [0.25, 0.3) is 5.91 Å². The Labute approximate surface area is 143 Å². The van der Waals surface area contributed by atoms with Crippen LogP contribution in [0.3, 0.4) is 0 Å². The van der Waals surface area contributed by atoms with Crippen molar-refractivity contribution in [1.29, 1.82) is 0 Å². The molecule has 4 heterocycles. The Hall–Kier alpha value is -2.61. The van der Waals surface area contributed by atoms with E-state index in [1.54, 1.807) is 25.1 Å². The van der Waals surface area contributed by atoms with Crippen molar-refractivity contribution < 1.29 is 23.4 Å². The highest BCUT2D eigenvalue weighted by atomic mass is 16.7. The minimum atomic E-state index is -0.0308. The topological polar surface area (TPSA) is 86.9 Å². The van der Waals surface area contributed by atoms with Crippen molar-refractivity contribution in [2.45, 2.75) is 18.9 Å². The second-order valence-electron chi connectivity index (χ2n) is 6.58. The molecule has 1 aromatic carbocycles. The normalized spacial score (nSPS) is 26.9. The zero-order valence-electron chi connectivity index (χ0n) is 13.7. The maximum absolute atomic E-state index is 12.8. The van der Waals surface area contributed by atoms with E-state index in [4.69, 9.17) is 18.6 Å². The zero-order chi connectivity index (χ0) is 17.0. The molecule has 5 rings (SSSR count). The molecule has 2 fully saturated rings. The second kappa shape index (κ2) is 5.45. The molecule has 1 aromatic heterocycles. The fourth-order valence-electron chi connectivity index (χ4n) is 3.81. The Balaban J connectivity index is 1.34.